The standard InChI is InChI=1S/C13H22O2/c1-4-13(8-6-5-7-9-13)11(3)10(2)12(14)15/h4-9H2,1-3H3,(H,14,15). The average Bonchev–Trinajstić information content (AvgIpc) is 2.27. The van der Waals surface area contributed by atoms with Crippen LogP contribution in [0, 0.1) is 5.41 Å². The van der Waals surface area contributed by atoms with Gasteiger partial charge in [-0.15, -0.1) is 0 Å². The highest BCUT2D eigenvalue weighted by molar-refractivity contribution is 5.86. The van der Waals surface area contributed by atoms with Crippen molar-refractivity contribution in [1.82, 2.24) is 0 Å². The highest BCUT2D eigenvalue weighted by Gasteiger charge is 2.33. The van der Waals surface area contributed by atoms with Crippen molar-refractivity contribution >= 4 is 5.97 Å². The molecule has 1 saturated carbocycles. The topological polar surface area (TPSA) is 37.3 Å². The Bertz CT molecular complexity index is 270. The molecule has 0 aliphatic heterocycles. The van der Waals surface area contributed by atoms with Gasteiger partial charge in [0.25, 0.3) is 0 Å². The smallest absolute Gasteiger partial charge is 0.331 e. The molecule has 0 radical (unpaired) electrons. The van der Waals surface area contributed by atoms with Crippen LogP contribution in [-0.2, 0) is 4.79 Å². The van der Waals surface area contributed by atoms with Gasteiger partial charge in [0.2, 0.25) is 0 Å². The Balaban J connectivity index is 2.99. The van der Waals surface area contributed by atoms with E-state index in [9.17, 15) is 4.79 Å². The molecule has 0 aromatic carbocycles. The second kappa shape index (κ2) is 4.82. The van der Waals surface area contributed by atoms with Gasteiger partial charge in [-0.3, -0.25) is 0 Å². The van der Waals surface area contributed by atoms with Gasteiger partial charge < -0.3 is 5.11 Å². The molecule has 0 aromatic rings. The van der Waals surface area contributed by atoms with Gasteiger partial charge in [-0.1, -0.05) is 31.8 Å². The number of hydrogen-bond donors (Lipinski definition) is 1. The summed E-state index contributed by atoms with van der Waals surface area (Å²) in [5, 5.41) is 9.04. The predicted octanol–water partition coefficient (Wildman–Crippen LogP) is 3.77. The van der Waals surface area contributed by atoms with Crippen LogP contribution < -0.4 is 0 Å². The summed E-state index contributed by atoms with van der Waals surface area (Å²) < 4.78 is 0. The molecule has 0 saturated heterocycles. The van der Waals surface area contributed by atoms with Gasteiger partial charge >= 0.3 is 5.97 Å². The van der Waals surface area contributed by atoms with Gasteiger partial charge in [0, 0.05) is 5.57 Å². The van der Waals surface area contributed by atoms with E-state index >= 15 is 0 Å². The van der Waals surface area contributed by atoms with Crippen molar-refractivity contribution in [3.05, 3.63) is 11.1 Å². The highest BCUT2D eigenvalue weighted by Crippen LogP contribution is 2.45. The lowest BCUT2D eigenvalue weighted by molar-refractivity contribution is -0.132. The summed E-state index contributed by atoms with van der Waals surface area (Å²) in [5.74, 6) is -0.758. The van der Waals surface area contributed by atoms with Gasteiger partial charge in [0.15, 0.2) is 0 Å². The molecule has 1 aliphatic carbocycles. The number of aliphatic carboxylic acids is 1. The predicted molar refractivity (Wildman–Crippen MR) is 61.8 cm³/mol. The molecule has 1 aliphatic rings. The lowest BCUT2D eigenvalue weighted by Gasteiger charge is -2.38. The van der Waals surface area contributed by atoms with Gasteiger partial charge in [0.05, 0.1) is 0 Å². The first-order valence-corrected chi connectivity index (χ1v) is 5.95. The summed E-state index contributed by atoms with van der Waals surface area (Å²) >= 11 is 0. The van der Waals surface area contributed by atoms with Gasteiger partial charge in [-0.2, -0.15) is 0 Å². The minimum Gasteiger partial charge on any atom is -0.478 e. The molecule has 15 heavy (non-hydrogen) atoms. The Kier molecular flexibility index (Phi) is 3.95. The molecule has 1 N–H and O–H groups in total. The summed E-state index contributed by atoms with van der Waals surface area (Å²) in [5.41, 5.74) is 1.84. The molecule has 2 nitrogen and oxygen atoms in total. The first-order valence-electron chi connectivity index (χ1n) is 5.95. The summed E-state index contributed by atoms with van der Waals surface area (Å²) in [6.45, 7) is 5.94. The summed E-state index contributed by atoms with van der Waals surface area (Å²) in [4.78, 5) is 11.0. The largest absolute Gasteiger partial charge is 0.478 e. The van der Waals surface area contributed by atoms with E-state index in [1.54, 1.807) is 6.92 Å². The molecule has 0 atom stereocenters. The van der Waals surface area contributed by atoms with Crippen LogP contribution in [0.4, 0.5) is 0 Å². The number of hydrogen-bond acceptors (Lipinski definition) is 1. The van der Waals surface area contributed by atoms with Gasteiger partial charge in [0.1, 0.15) is 0 Å². The van der Waals surface area contributed by atoms with E-state index in [4.69, 9.17) is 5.11 Å². The third-order valence-corrected chi connectivity index (χ3v) is 4.17. The Morgan fingerprint density at radius 3 is 2.13 bits per heavy atom. The summed E-state index contributed by atoms with van der Waals surface area (Å²) in [6, 6.07) is 0. The van der Waals surface area contributed by atoms with Crippen LogP contribution in [0.1, 0.15) is 59.3 Å². The third kappa shape index (κ3) is 2.42. The zero-order chi connectivity index (χ0) is 11.5. The van der Waals surface area contributed by atoms with Crippen molar-refractivity contribution in [2.75, 3.05) is 0 Å². The van der Waals surface area contributed by atoms with Crippen LogP contribution in [0.3, 0.4) is 0 Å². The summed E-state index contributed by atoms with van der Waals surface area (Å²) in [6.07, 6.45) is 7.21. The zero-order valence-corrected chi connectivity index (χ0v) is 10.1. The van der Waals surface area contributed by atoms with E-state index in [1.165, 1.54) is 32.1 Å². The average molecular weight is 210 g/mol. The highest BCUT2D eigenvalue weighted by atomic mass is 16.4. The molecule has 2 heteroatoms. The first-order chi connectivity index (χ1) is 7.03. The molecule has 1 rings (SSSR count). The lowest BCUT2D eigenvalue weighted by Crippen LogP contribution is -2.26. The molecule has 1 fully saturated rings. The van der Waals surface area contributed by atoms with Crippen LogP contribution in [-0.4, -0.2) is 11.1 Å². The minimum atomic E-state index is -0.758. The third-order valence-electron chi connectivity index (χ3n) is 4.17. The maximum absolute atomic E-state index is 11.0. The molecule has 0 spiro atoms. The fourth-order valence-electron chi connectivity index (χ4n) is 2.78. The number of allylic oxidation sites excluding steroid dienone is 1. The normalized spacial score (nSPS) is 22.1. The maximum atomic E-state index is 11.0. The monoisotopic (exact) mass is 210 g/mol. The van der Waals surface area contributed by atoms with Crippen molar-refractivity contribution in [2.45, 2.75) is 59.3 Å². The molecular weight excluding hydrogens is 188 g/mol. The number of carboxylic acids is 1. The Morgan fingerprint density at radius 1 is 1.20 bits per heavy atom. The second-order valence-corrected chi connectivity index (χ2v) is 4.75. The number of carboxylic acid groups (broad SMARTS) is 1. The van der Waals surface area contributed by atoms with Crippen LogP contribution in [0.15, 0.2) is 11.1 Å². The lowest BCUT2D eigenvalue weighted by atomic mass is 9.67. The van der Waals surface area contributed by atoms with Crippen molar-refractivity contribution in [3.8, 4) is 0 Å². The van der Waals surface area contributed by atoms with Crippen molar-refractivity contribution in [2.24, 2.45) is 5.41 Å². The summed E-state index contributed by atoms with van der Waals surface area (Å²) in [7, 11) is 0. The van der Waals surface area contributed by atoms with Crippen molar-refractivity contribution in [3.63, 3.8) is 0 Å². The number of rotatable bonds is 3. The van der Waals surface area contributed by atoms with Crippen molar-refractivity contribution < 1.29 is 9.90 Å². The second-order valence-electron chi connectivity index (χ2n) is 4.75. The number of carbonyl (C=O) groups is 1. The fraction of sp³-hybridized carbons (Fsp3) is 0.769. The first kappa shape index (κ1) is 12.3. The maximum Gasteiger partial charge on any atom is 0.331 e. The quantitative estimate of drug-likeness (QED) is 0.720. The van der Waals surface area contributed by atoms with Crippen LogP contribution >= 0.6 is 0 Å². The van der Waals surface area contributed by atoms with Crippen LogP contribution in [0.2, 0.25) is 0 Å². The van der Waals surface area contributed by atoms with Crippen molar-refractivity contribution in [1.29, 1.82) is 0 Å². The molecule has 0 amide bonds. The van der Waals surface area contributed by atoms with E-state index in [0.717, 1.165) is 12.0 Å². The minimum absolute atomic E-state index is 0.181. The SMILES string of the molecule is CCC1(C(C)=C(C)C(=O)O)CCCCC1. The molecule has 86 valence electrons. The van der Waals surface area contributed by atoms with E-state index in [-0.39, 0.29) is 5.41 Å². The van der Waals surface area contributed by atoms with Crippen LogP contribution in [0.25, 0.3) is 0 Å². The molecule has 0 bridgehead atoms. The molecule has 0 aromatic heterocycles. The molecule has 0 heterocycles. The van der Waals surface area contributed by atoms with E-state index < -0.39 is 5.97 Å². The molecular formula is C13H22O2. The Hall–Kier alpha value is -0.790. The van der Waals surface area contributed by atoms with E-state index in [2.05, 4.69) is 6.92 Å². The molecule has 0 unspecified atom stereocenters. The van der Waals surface area contributed by atoms with Crippen LogP contribution in [0.5, 0.6) is 0 Å². The van der Waals surface area contributed by atoms with E-state index in [0.29, 0.717) is 5.57 Å². The Labute approximate surface area is 92.4 Å². The zero-order valence-electron chi connectivity index (χ0n) is 10.1. The fourth-order valence-corrected chi connectivity index (χ4v) is 2.78. The van der Waals surface area contributed by atoms with Gasteiger partial charge in [-0.05, 0) is 38.5 Å². The Morgan fingerprint density at radius 2 is 1.73 bits per heavy atom. The van der Waals surface area contributed by atoms with Gasteiger partial charge in [-0.25, -0.2) is 4.79 Å². The van der Waals surface area contributed by atoms with E-state index in [1.807, 2.05) is 6.92 Å².